The van der Waals surface area contributed by atoms with Gasteiger partial charge in [0.05, 0.1) is 19.1 Å². The van der Waals surface area contributed by atoms with E-state index in [2.05, 4.69) is 9.62 Å². The topological polar surface area (TPSA) is 88.2 Å². The van der Waals surface area contributed by atoms with Crippen LogP contribution in [0.5, 0.6) is 11.5 Å². The van der Waals surface area contributed by atoms with E-state index in [1.165, 1.54) is 32.4 Å². The largest absolute Gasteiger partial charge is 0.493 e. The molecule has 1 unspecified atom stereocenters. The number of carbonyl (C=O) groups is 1. The van der Waals surface area contributed by atoms with Gasteiger partial charge in [0.2, 0.25) is 15.9 Å². The van der Waals surface area contributed by atoms with Crippen LogP contribution in [-0.4, -0.2) is 65.7 Å². The molecule has 1 aliphatic rings. The second-order valence-electron chi connectivity index (χ2n) is 8.53. The maximum Gasteiger partial charge on any atom is 0.241 e. The van der Waals surface area contributed by atoms with Crippen LogP contribution in [0.3, 0.4) is 0 Å². The quantitative estimate of drug-likeness (QED) is 0.477. The van der Waals surface area contributed by atoms with E-state index in [0.29, 0.717) is 37.7 Å². The van der Waals surface area contributed by atoms with Crippen LogP contribution in [-0.2, 0) is 21.2 Å². The molecule has 1 N–H and O–H groups in total. The van der Waals surface area contributed by atoms with Crippen molar-refractivity contribution in [2.24, 2.45) is 0 Å². The first kappa shape index (κ1) is 25.5. The van der Waals surface area contributed by atoms with Crippen LogP contribution < -0.4 is 19.1 Å². The number of benzene rings is 3. The highest BCUT2D eigenvalue weighted by Gasteiger charge is 2.32. The second-order valence-corrected chi connectivity index (χ2v) is 10.2. The van der Waals surface area contributed by atoms with Gasteiger partial charge in [0, 0.05) is 37.9 Å². The molecule has 0 bridgehead atoms. The lowest BCUT2D eigenvalue weighted by Gasteiger charge is -2.37. The number of nitrogens with one attached hydrogen (secondary N) is 1. The minimum absolute atomic E-state index is 0.0000846. The molecule has 190 valence electrons. The third-order valence-electron chi connectivity index (χ3n) is 6.26. The Hall–Kier alpha value is -3.56. The third-order valence-corrected chi connectivity index (χ3v) is 7.73. The van der Waals surface area contributed by atoms with Gasteiger partial charge in [0.1, 0.15) is 6.04 Å². The van der Waals surface area contributed by atoms with Gasteiger partial charge in [-0.2, -0.15) is 4.72 Å². The van der Waals surface area contributed by atoms with Crippen LogP contribution in [0.25, 0.3) is 0 Å². The van der Waals surface area contributed by atoms with Gasteiger partial charge in [0.25, 0.3) is 0 Å². The molecule has 0 aliphatic carbocycles. The van der Waals surface area contributed by atoms with E-state index in [4.69, 9.17) is 9.47 Å². The van der Waals surface area contributed by atoms with Gasteiger partial charge < -0.3 is 19.3 Å². The summed E-state index contributed by atoms with van der Waals surface area (Å²) in [7, 11) is -1.09. The molecule has 1 amide bonds. The Morgan fingerprint density at radius 2 is 1.47 bits per heavy atom. The molecular weight excluding hydrogens is 478 g/mol. The summed E-state index contributed by atoms with van der Waals surface area (Å²) in [5, 5.41) is 0. The molecule has 9 heteroatoms. The number of piperazine rings is 1. The zero-order chi connectivity index (χ0) is 25.5. The van der Waals surface area contributed by atoms with Gasteiger partial charge in [-0.05, 0) is 36.2 Å². The summed E-state index contributed by atoms with van der Waals surface area (Å²) >= 11 is 0. The molecule has 1 saturated heterocycles. The Bertz CT molecular complexity index is 1260. The monoisotopic (exact) mass is 509 g/mol. The highest BCUT2D eigenvalue weighted by Crippen LogP contribution is 2.29. The molecule has 1 atom stereocenters. The van der Waals surface area contributed by atoms with Crippen LogP contribution in [0, 0.1) is 0 Å². The van der Waals surface area contributed by atoms with Crippen molar-refractivity contribution < 1.29 is 22.7 Å². The van der Waals surface area contributed by atoms with Gasteiger partial charge in [-0.25, -0.2) is 8.42 Å². The van der Waals surface area contributed by atoms with Crippen LogP contribution in [0.1, 0.15) is 5.56 Å². The van der Waals surface area contributed by atoms with Crippen molar-refractivity contribution in [3.05, 3.63) is 84.4 Å². The predicted molar refractivity (Wildman–Crippen MR) is 139 cm³/mol. The number of ether oxygens (including phenoxy) is 2. The van der Waals surface area contributed by atoms with Crippen LogP contribution in [0.15, 0.2) is 83.8 Å². The first-order valence-corrected chi connectivity index (χ1v) is 13.3. The number of hydrogen-bond donors (Lipinski definition) is 1. The zero-order valence-corrected chi connectivity index (χ0v) is 21.3. The fraction of sp³-hybridized carbons (Fsp3) is 0.296. The number of anilines is 1. The maximum absolute atomic E-state index is 13.6. The Morgan fingerprint density at radius 1 is 0.861 bits per heavy atom. The van der Waals surface area contributed by atoms with Crippen molar-refractivity contribution in [1.29, 1.82) is 0 Å². The summed E-state index contributed by atoms with van der Waals surface area (Å²) < 4.78 is 39.8. The number of sulfonamides is 1. The van der Waals surface area contributed by atoms with Gasteiger partial charge >= 0.3 is 0 Å². The Balaban J connectivity index is 1.54. The zero-order valence-electron chi connectivity index (χ0n) is 20.5. The molecule has 1 aliphatic heterocycles. The van der Waals surface area contributed by atoms with Crippen molar-refractivity contribution in [1.82, 2.24) is 9.62 Å². The smallest absolute Gasteiger partial charge is 0.241 e. The standard InChI is InChI=1S/C27H31N3O5S/c1-34-25-14-13-23(20-26(25)35-2)36(32,33)28-24(19-21-9-5-3-6-10-21)27(31)30-17-15-29(16-18-30)22-11-7-4-8-12-22/h3-14,20,24,28H,15-19H2,1-2H3. The molecule has 0 radical (unpaired) electrons. The lowest BCUT2D eigenvalue weighted by atomic mass is 10.1. The summed E-state index contributed by atoms with van der Waals surface area (Å²) in [6.45, 7) is 2.38. The normalized spacial score (nSPS) is 14.8. The molecule has 36 heavy (non-hydrogen) atoms. The van der Waals surface area contributed by atoms with E-state index in [1.54, 1.807) is 4.90 Å². The summed E-state index contributed by atoms with van der Waals surface area (Å²) in [5.41, 5.74) is 1.98. The fourth-order valence-corrected chi connectivity index (χ4v) is 5.52. The first-order valence-electron chi connectivity index (χ1n) is 11.8. The van der Waals surface area contributed by atoms with E-state index in [-0.39, 0.29) is 17.2 Å². The van der Waals surface area contributed by atoms with Crippen LogP contribution >= 0.6 is 0 Å². The Morgan fingerprint density at radius 3 is 2.08 bits per heavy atom. The molecule has 3 aromatic carbocycles. The number of methoxy groups -OCH3 is 2. The molecule has 4 rings (SSSR count). The highest BCUT2D eigenvalue weighted by atomic mass is 32.2. The van der Waals surface area contributed by atoms with Crippen molar-refractivity contribution in [3.8, 4) is 11.5 Å². The average molecular weight is 510 g/mol. The number of amides is 1. The minimum Gasteiger partial charge on any atom is -0.493 e. The summed E-state index contributed by atoms with van der Waals surface area (Å²) in [6, 6.07) is 22.9. The first-order chi connectivity index (χ1) is 17.4. The number of nitrogens with zero attached hydrogens (tertiary/aromatic N) is 2. The summed E-state index contributed by atoms with van der Waals surface area (Å²) in [4.78, 5) is 17.6. The second kappa shape index (κ2) is 11.5. The van der Waals surface area contributed by atoms with E-state index < -0.39 is 16.1 Å². The lowest BCUT2D eigenvalue weighted by molar-refractivity contribution is -0.133. The molecule has 0 aromatic heterocycles. The van der Waals surface area contributed by atoms with Crippen molar-refractivity contribution in [3.63, 3.8) is 0 Å². The van der Waals surface area contributed by atoms with E-state index in [9.17, 15) is 13.2 Å². The maximum atomic E-state index is 13.6. The van der Waals surface area contributed by atoms with Crippen molar-refractivity contribution in [2.75, 3.05) is 45.3 Å². The minimum atomic E-state index is -4.02. The van der Waals surface area contributed by atoms with E-state index in [1.807, 2.05) is 60.7 Å². The predicted octanol–water partition coefficient (Wildman–Crippen LogP) is 2.94. The van der Waals surface area contributed by atoms with Gasteiger partial charge in [-0.1, -0.05) is 48.5 Å². The molecule has 8 nitrogen and oxygen atoms in total. The summed E-state index contributed by atoms with van der Waals surface area (Å²) in [6.07, 6.45) is 0.241. The molecule has 0 saturated carbocycles. The molecule has 0 spiro atoms. The number of para-hydroxylation sites is 1. The van der Waals surface area contributed by atoms with Crippen molar-refractivity contribution >= 4 is 21.6 Å². The average Bonchev–Trinajstić information content (AvgIpc) is 2.93. The SMILES string of the molecule is COc1ccc(S(=O)(=O)NC(Cc2ccccc2)C(=O)N2CCN(c3ccccc3)CC2)cc1OC. The van der Waals surface area contributed by atoms with E-state index >= 15 is 0 Å². The Kier molecular flexibility index (Phi) is 8.12. The molecule has 3 aromatic rings. The summed E-state index contributed by atoms with van der Waals surface area (Å²) in [5.74, 6) is 0.476. The highest BCUT2D eigenvalue weighted by molar-refractivity contribution is 7.89. The van der Waals surface area contributed by atoms with Crippen molar-refractivity contribution in [2.45, 2.75) is 17.4 Å². The lowest BCUT2D eigenvalue weighted by Crippen LogP contribution is -2.55. The van der Waals surface area contributed by atoms with Gasteiger partial charge in [-0.3, -0.25) is 4.79 Å². The Labute approximate surface area is 212 Å². The third kappa shape index (κ3) is 5.98. The van der Waals surface area contributed by atoms with Gasteiger partial charge in [-0.15, -0.1) is 0 Å². The number of rotatable bonds is 9. The fourth-order valence-electron chi connectivity index (χ4n) is 4.31. The molecule has 1 heterocycles. The number of carbonyl (C=O) groups excluding carboxylic acids is 1. The van der Waals surface area contributed by atoms with Gasteiger partial charge in [0.15, 0.2) is 11.5 Å². The molecule has 1 fully saturated rings. The van der Waals surface area contributed by atoms with Crippen LogP contribution in [0.4, 0.5) is 5.69 Å². The number of hydrogen-bond acceptors (Lipinski definition) is 6. The molecular formula is C27H31N3O5S. The van der Waals surface area contributed by atoms with E-state index in [0.717, 1.165) is 11.3 Å². The van der Waals surface area contributed by atoms with Crippen LogP contribution in [0.2, 0.25) is 0 Å².